The number of hydrogen-bond donors (Lipinski definition) is 0. The van der Waals surface area contributed by atoms with Gasteiger partial charge in [-0.05, 0) is 56.2 Å². The van der Waals surface area contributed by atoms with Gasteiger partial charge in [0, 0.05) is 23.3 Å². The minimum absolute atomic E-state index is 0.230. The standard InChI is InChI=1S/C28H21N5O2/c1-28(2,3)35-27(34)33-23(16-30)13-22-9-8-21(14-25(22)33)19-4-6-20(7-5-19)24-17-32-11-10-18(15-29)12-26(32)31-24/h4-14,17H,1-3H3. The molecule has 0 atom stereocenters. The highest BCUT2D eigenvalue weighted by Crippen LogP contribution is 2.29. The van der Waals surface area contributed by atoms with Gasteiger partial charge in [-0.1, -0.05) is 36.4 Å². The maximum Gasteiger partial charge on any atom is 0.420 e. The summed E-state index contributed by atoms with van der Waals surface area (Å²) in [5.74, 6) is 0. The van der Waals surface area contributed by atoms with E-state index < -0.39 is 11.7 Å². The lowest BCUT2D eigenvalue weighted by Crippen LogP contribution is -2.27. The third-order valence-corrected chi connectivity index (χ3v) is 5.60. The Kier molecular flexibility index (Phi) is 5.12. The van der Waals surface area contributed by atoms with Gasteiger partial charge in [0.1, 0.15) is 23.0 Å². The number of ether oxygens (including phenoxy) is 1. The fourth-order valence-corrected chi connectivity index (χ4v) is 3.99. The summed E-state index contributed by atoms with van der Waals surface area (Å²) in [7, 11) is 0. The first-order valence-electron chi connectivity index (χ1n) is 11.0. The van der Waals surface area contributed by atoms with Crippen LogP contribution in [0.2, 0.25) is 0 Å². The van der Waals surface area contributed by atoms with Crippen molar-refractivity contribution in [1.82, 2.24) is 14.0 Å². The largest absolute Gasteiger partial charge is 0.443 e. The summed E-state index contributed by atoms with van der Waals surface area (Å²) in [6.45, 7) is 5.38. The summed E-state index contributed by atoms with van der Waals surface area (Å²) in [6, 6.07) is 23.1. The number of carbonyl (C=O) groups excluding carboxylic acids is 1. The Bertz CT molecular complexity index is 1690. The number of aromatic nitrogens is 3. The van der Waals surface area contributed by atoms with Crippen molar-refractivity contribution in [3.05, 3.63) is 84.3 Å². The molecule has 3 heterocycles. The molecule has 0 saturated heterocycles. The Morgan fingerprint density at radius 3 is 2.31 bits per heavy atom. The van der Waals surface area contributed by atoms with Crippen molar-refractivity contribution in [2.24, 2.45) is 0 Å². The number of benzene rings is 2. The van der Waals surface area contributed by atoms with Crippen molar-refractivity contribution in [2.75, 3.05) is 0 Å². The zero-order chi connectivity index (χ0) is 24.7. The van der Waals surface area contributed by atoms with Crippen molar-refractivity contribution in [1.29, 1.82) is 10.5 Å². The van der Waals surface area contributed by atoms with Crippen LogP contribution in [0.15, 0.2) is 73.1 Å². The number of hydrogen-bond acceptors (Lipinski definition) is 5. The zero-order valence-electron chi connectivity index (χ0n) is 19.5. The van der Waals surface area contributed by atoms with E-state index in [1.807, 2.05) is 59.3 Å². The summed E-state index contributed by atoms with van der Waals surface area (Å²) in [5, 5.41) is 19.5. The molecule has 0 unspecified atom stereocenters. The van der Waals surface area contributed by atoms with Gasteiger partial charge in [-0.25, -0.2) is 14.3 Å². The molecule has 0 aliphatic carbocycles. The van der Waals surface area contributed by atoms with Crippen LogP contribution in [0.4, 0.5) is 4.79 Å². The van der Waals surface area contributed by atoms with Crippen LogP contribution in [0.5, 0.6) is 0 Å². The number of nitriles is 2. The highest BCUT2D eigenvalue weighted by atomic mass is 16.6. The second kappa shape index (κ2) is 8.16. The first-order valence-corrected chi connectivity index (χ1v) is 11.0. The minimum atomic E-state index is -0.679. The van der Waals surface area contributed by atoms with Gasteiger partial charge in [0.05, 0.1) is 22.8 Å². The second-order valence-electron chi connectivity index (χ2n) is 9.23. The number of nitrogens with zero attached hydrogens (tertiary/aromatic N) is 5. The molecule has 35 heavy (non-hydrogen) atoms. The predicted octanol–water partition coefficient (Wildman–Crippen LogP) is 6.15. The van der Waals surface area contributed by atoms with Crippen LogP contribution in [0.25, 0.3) is 38.9 Å². The molecule has 0 aliphatic heterocycles. The van der Waals surface area contributed by atoms with Crippen LogP contribution in [0.1, 0.15) is 32.0 Å². The maximum absolute atomic E-state index is 12.8. The maximum atomic E-state index is 12.8. The molecule has 2 aromatic carbocycles. The molecule has 3 aromatic heterocycles. The van der Waals surface area contributed by atoms with E-state index in [0.29, 0.717) is 16.7 Å². The number of imidazole rings is 1. The van der Waals surface area contributed by atoms with Gasteiger partial charge in [-0.2, -0.15) is 10.5 Å². The van der Waals surface area contributed by atoms with Gasteiger partial charge in [0.2, 0.25) is 0 Å². The summed E-state index contributed by atoms with van der Waals surface area (Å²) < 4.78 is 8.74. The summed E-state index contributed by atoms with van der Waals surface area (Å²) in [5.41, 5.74) is 5.06. The molecule has 0 aliphatic rings. The topological polar surface area (TPSA) is 96.1 Å². The second-order valence-corrected chi connectivity index (χ2v) is 9.23. The van der Waals surface area contributed by atoms with E-state index in [2.05, 4.69) is 17.1 Å². The third kappa shape index (κ3) is 4.12. The molecule has 0 bridgehead atoms. The van der Waals surface area contributed by atoms with Crippen molar-refractivity contribution in [3.8, 4) is 34.5 Å². The SMILES string of the molecule is CC(C)(C)OC(=O)n1c(C#N)cc2ccc(-c3ccc(-c4cn5ccc(C#N)cc5n4)cc3)cc21. The van der Waals surface area contributed by atoms with Crippen molar-refractivity contribution in [3.63, 3.8) is 0 Å². The van der Waals surface area contributed by atoms with Crippen LogP contribution >= 0.6 is 0 Å². The van der Waals surface area contributed by atoms with E-state index in [0.717, 1.165) is 27.8 Å². The molecular formula is C28H21N5O2. The van der Waals surface area contributed by atoms with Crippen LogP contribution in [0, 0.1) is 22.7 Å². The van der Waals surface area contributed by atoms with Gasteiger partial charge >= 0.3 is 6.09 Å². The molecule has 7 heteroatoms. The molecule has 5 rings (SSSR count). The van der Waals surface area contributed by atoms with Gasteiger partial charge in [-0.3, -0.25) is 0 Å². The molecule has 0 radical (unpaired) electrons. The molecule has 0 fully saturated rings. The van der Waals surface area contributed by atoms with Crippen LogP contribution in [-0.4, -0.2) is 25.6 Å². The lowest BCUT2D eigenvalue weighted by atomic mass is 10.0. The van der Waals surface area contributed by atoms with E-state index in [4.69, 9.17) is 10.00 Å². The minimum Gasteiger partial charge on any atom is -0.443 e. The van der Waals surface area contributed by atoms with E-state index in [1.165, 1.54) is 4.57 Å². The monoisotopic (exact) mass is 459 g/mol. The smallest absolute Gasteiger partial charge is 0.420 e. The van der Waals surface area contributed by atoms with E-state index in [-0.39, 0.29) is 5.69 Å². The number of pyridine rings is 1. The third-order valence-electron chi connectivity index (χ3n) is 5.60. The Hall–Kier alpha value is -4.88. The number of fused-ring (bicyclic) bond motifs is 2. The molecule has 7 nitrogen and oxygen atoms in total. The first-order chi connectivity index (χ1) is 16.8. The summed E-state index contributed by atoms with van der Waals surface area (Å²) in [4.78, 5) is 17.5. The van der Waals surface area contributed by atoms with E-state index >= 15 is 0 Å². The molecule has 0 saturated carbocycles. The Morgan fingerprint density at radius 1 is 0.914 bits per heavy atom. The highest BCUT2D eigenvalue weighted by Gasteiger charge is 2.22. The fourth-order valence-electron chi connectivity index (χ4n) is 3.99. The lowest BCUT2D eigenvalue weighted by Gasteiger charge is -2.20. The average molecular weight is 460 g/mol. The van der Waals surface area contributed by atoms with Gasteiger partial charge in [0.15, 0.2) is 0 Å². The molecule has 0 spiro atoms. The first kappa shape index (κ1) is 21.9. The Labute approximate surface area is 202 Å². The quantitative estimate of drug-likeness (QED) is 0.315. The van der Waals surface area contributed by atoms with Crippen LogP contribution < -0.4 is 0 Å². The van der Waals surface area contributed by atoms with Gasteiger partial charge in [-0.15, -0.1) is 0 Å². The van der Waals surface area contributed by atoms with Crippen molar-refractivity contribution in [2.45, 2.75) is 26.4 Å². The summed E-state index contributed by atoms with van der Waals surface area (Å²) in [6.07, 6.45) is 3.17. The van der Waals surface area contributed by atoms with Gasteiger partial charge < -0.3 is 9.14 Å². The van der Waals surface area contributed by atoms with Gasteiger partial charge in [0.25, 0.3) is 0 Å². The molecule has 5 aromatic rings. The van der Waals surface area contributed by atoms with Crippen molar-refractivity contribution < 1.29 is 9.53 Å². The average Bonchev–Trinajstić information content (AvgIpc) is 3.43. The zero-order valence-corrected chi connectivity index (χ0v) is 19.5. The number of rotatable bonds is 2. The Morgan fingerprint density at radius 2 is 1.63 bits per heavy atom. The van der Waals surface area contributed by atoms with Crippen LogP contribution in [0.3, 0.4) is 0 Å². The molecule has 0 amide bonds. The normalized spacial score (nSPS) is 11.3. The number of carbonyl (C=O) groups is 1. The Balaban J connectivity index is 1.51. The van der Waals surface area contributed by atoms with E-state index in [1.54, 1.807) is 39.0 Å². The van der Waals surface area contributed by atoms with Crippen molar-refractivity contribution >= 4 is 22.6 Å². The fraction of sp³-hybridized carbons (Fsp3) is 0.143. The van der Waals surface area contributed by atoms with E-state index in [9.17, 15) is 10.1 Å². The summed E-state index contributed by atoms with van der Waals surface area (Å²) >= 11 is 0. The lowest BCUT2D eigenvalue weighted by molar-refractivity contribution is 0.0543. The molecule has 0 N–H and O–H groups in total. The predicted molar refractivity (Wildman–Crippen MR) is 133 cm³/mol. The molecular weight excluding hydrogens is 438 g/mol. The molecule has 170 valence electrons. The van der Waals surface area contributed by atoms with Crippen LogP contribution in [-0.2, 0) is 4.74 Å². The highest BCUT2D eigenvalue weighted by molar-refractivity contribution is 5.94.